The Kier molecular flexibility index (Phi) is 5.89. The lowest BCUT2D eigenvalue weighted by Crippen LogP contribution is -2.52. The van der Waals surface area contributed by atoms with Gasteiger partial charge in [-0.3, -0.25) is 19.5 Å². The standard InChI is InChI=1S/C26H25ClFN3O2/c1-15(26(33)30-19-5-2-17(27)3-6-19)31-20-7-8-21(31)13-16(12-20)25(32)22-10-11-29-24-9-4-18(28)14-23(22)24/h2-6,9-11,14-16,20-21H,7-8,12-13H2,1H3,(H,30,33). The van der Waals surface area contributed by atoms with E-state index in [4.69, 9.17) is 11.6 Å². The Morgan fingerprint density at radius 2 is 1.79 bits per heavy atom. The number of hydrogen-bond acceptors (Lipinski definition) is 4. The number of anilines is 1. The minimum absolute atomic E-state index is 0.0443. The van der Waals surface area contributed by atoms with Gasteiger partial charge in [0.2, 0.25) is 5.91 Å². The molecule has 0 aliphatic carbocycles. The third kappa shape index (κ3) is 4.25. The van der Waals surface area contributed by atoms with E-state index in [0.717, 1.165) is 12.8 Å². The highest BCUT2D eigenvalue weighted by Gasteiger charge is 2.46. The summed E-state index contributed by atoms with van der Waals surface area (Å²) in [5.41, 5.74) is 1.87. The van der Waals surface area contributed by atoms with Crippen LogP contribution in [0.5, 0.6) is 0 Å². The molecule has 3 heterocycles. The fourth-order valence-electron chi connectivity index (χ4n) is 5.53. The first-order chi connectivity index (χ1) is 15.9. The van der Waals surface area contributed by atoms with Gasteiger partial charge in [-0.25, -0.2) is 4.39 Å². The highest BCUT2D eigenvalue weighted by atomic mass is 35.5. The molecule has 2 aliphatic heterocycles. The minimum atomic E-state index is -0.375. The van der Waals surface area contributed by atoms with Gasteiger partial charge < -0.3 is 5.32 Å². The number of carbonyl (C=O) groups excluding carboxylic acids is 2. The molecule has 1 aromatic heterocycles. The molecule has 1 N–H and O–H groups in total. The van der Waals surface area contributed by atoms with Crippen LogP contribution in [0.4, 0.5) is 10.1 Å². The second kappa shape index (κ2) is 8.84. The van der Waals surface area contributed by atoms with Crippen LogP contribution < -0.4 is 5.32 Å². The van der Waals surface area contributed by atoms with Gasteiger partial charge in [0.15, 0.2) is 5.78 Å². The molecular formula is C26H25ClFN3O2. The summed E-state index contributed by atoms with van der Waals surface area (Å²) in [4.78, 5) is 32.9. The van der Waals surface area contributed by atoms with Gasteiger partial charge in [-0.1, -0.05) is 11.6 Å². The maximum atomic E-state index is 13.9. The summed E-state index contributed by atoms with van der Waals surface area (Å²) in [6.45, 7) is 1.93. The molecule has 7 heteroatoms. The molecule has 2 aliphatic rings. The van der Waals surface area contributed by atoms with Crippen LogP contribution in [-0.2, 0) is 4.79 Å². The summed E-state index contributed by atoms with van der Waals surface area (Å²) in [7, 11) is 0. The van der Waals surface area contributed by atoms with Crippen LogP contribution in [0.15, 0.2) is 54.7 Å². The van der Waals surface area contributed by atoms with Crippen molar-refractivity contribution in [2.75, 3.05) is 5.32 Å². The third-order valence-electron chi connectivity index (χ3n) is 7.07. The number of hydrogen-bond donors (Lipinski definition) is 1. The highest BCUT2D eigenvalue weighted by Crippen LogP contribution is 2.41. The van der Waals surface area contributed by atoms with Crippen molar-refractivity contribution in [3.63, 3.8) is 0 Å². The number of ketones is 1. The normalized spacial score (nSPS) is 23.4. The lowest BCUT2D eigenvalue weighted by molar-refractivity contribution is -0.122. The second-order valence-electron chi connectivity index (χ2n) is 9.06. The summed E-state index contributed by atoms with van der Waals surface area (Å²) in [5, 5.41) is 4.16. The summed E-state index contributed by atoms with van der Waals surface area (Å²) in [6.07, 6.45) is 4.96. The lowest BCUT2D eigenvalue weighted by atomic mass is 9.83. The van der Waals surface area contributed by atoms with Crippen LogP contribution in [0, 0.1) is 11.7 Å². The molecule has 170 valence electrons. The van der Waals surface area contributed by atoms with Crippen LogP contribution in [0.1, 0.15) is 43.0 Å². The molecule has 0 saturated carbocycles. The number of aromatic nitrogens is 1. The monoisotopic (exact) mass is 465 g/mol. The first kappa shape index (κ1) is 22.0. The molecule has 0 spiro atoms. The van der Waals surface area contributed by atoms with Crippen LogP contribution in [-0.4, -0.2) is 39.7 Å². The summed E-state index contributed by atoms with van der Waals surface area (Å²) < 4.78 is 13.9. The number of nitrogens with zero attached hydrogens (tertiary/aromatic N) is 2. The van der Waals surface area contributed by atoms with E-state index in [1.54, 1.807) is 42.6 Å². The van der Waals surface area contributed by atoms with E-state index in [-0.39, 0.29) is 41.6 Å². The van der Waals surface area contributed by atoms with Gasteiger partial charge in [-0.05, 0) is 81.1 Å². The quantitative estimate of drug-likeness (QED) is 0.507. The number of rotatable bonds is 5. The van der Waals surface area contributed by atoms with Crippen molar-refractivity contribution >= 4 is 39.9 Å². The van der Waals surface area contributed by atoms with Crippen molar-refractivity contribution in [3.05, 3.63) is 71.1 Å². The third-order valence-corrected chi connectivity index (χ3v) is 7.32. The van der Waals surface area contributed by atoms with E-state index in [0.29, 0.717) is 40.0 Å². The molecule has 2 aromatic carbocycles. The maximum Gasteiger partial charge on any atom is 0.241 e. The van der Waals surface area contributed by atoms with E-state index < -0.39 is 0 Å². The predicted octanol–water partition coefficient (Wildman–Crippen LogP) is 5.48. The summed E-state index contributed by atoms with van der Waals surface area (Å²) in [5.74, 6) is -0.531. The van der Waals surface area contributed by atoms with Gasteiger partial charge in [0, 0.05) is 45.9 Å². The molecular weight excluding hydrogens is 441 g/mol. The average molecular weight is 466 g/mol. The SMILES string of the molecule is CC(C(=O)Nc1ccc(Cl)cc1)N1C2CCC1CC(C(=O)c1ccnc3ccc(F)cc13)C2. The van der Waals surface area contributed by atoms with Crippen LogP contribution in [0.2, 0.25) is 5.02 Å². The number of amides is 1. The number of nitrogens with one attached hydrogen (secondary N) is 1. The zero-order valence-corrected chi connectivity index (χ0v) is 19.1. The van der Waals surface area contributed by atoms with Gasteiger partial charge >= 0.3 is 0 Å². The molecule has 33 heavy (non-hydrogen) atoms. The number of halogens is 2. The van der Waals surface area contributed by atoms with Crippen molar-refractivity contribution in [1.29, 1.82) is 0 Å². The van der Waals surface area contributed by atoms with Crippen LogP contribution in [0.25, 0.3) is 10.9 Å². The van der Waals surface area contributed by atoms with Crippen LogP contribution >= 0.6 is 11.6 Å². The molecule has 0 radical (unpaired) electrons. The molecule has 3 unspecified atom stereocenters. The summed E-state index contributed by atoms with van der Waals surface area (Å²) >= 11 is 5.93. The van der Waals surface area contributed by atoms with E-state index in [1.807, 2.05) is 6.92 Å². The first-order valence-electron chi connectivity index (χ1n) is 11.3. The van der Waals surface area contributed by atoms with Crippen molar-refractivity contribution in [2.45, 2.75) is 50.7 Å². The van der Waals surface area contributed by atoms with Crippen LogP contribution in [0.3, 0.4) is 0 Å². The average Bonchev–Trinajstić information content (AvgIpc) is 3.07. The fraction of sp³-hybridized carbons (Fsp3) is 0.346. The smallest absolute Gasteiger partial charge is 0.241 e. The van der Waals surface area contributed by atoms with Crippen molar-refractivity contribution in [3.8, 4) is 0 Å². The van der Waals surface area contributed by atoms with Gasteiger partial charge in [0.25, 0.3) is 0 Å². The number of fused-ring (bicyclic) bond motifs is 3. The van der Waals surface area contributed by atoms with Crippen molar-refractivity contribution in [2.24, 2.45) is 5.92 Å². The number of piperidine rings is 1. The Hall–Kier alpha value is -2.83. The molecule has 2 fully saturated rings. The Bertz CT molecular complexity index is 1200. The Morgan fingerprint density at radius 1 is 1.09 bits per heavy atom. The zero-order valence-electron chi connectivity index (χ0n) is 18.3. The number of pyridine rings is 1. The van der Waals surface area contributed by atoms with E-state index in [1.165, 1.54) is 12.1 Å². The number of benzene rings is 2. The zero-order chi connectivity index (χ0) is 23.1. The first-order valence-corrected chi connectivity index (χ1v) is 11.7. The maximum absolute atomic E-state index is 13.9. The Balaban J connectivity index is 1.31. The molecule has 2 bridgehead atoms. The van der Waals surface area contributed by atoms with E-state index >= 15 is 0 Å². The van der Waals surface area contributed by atoms with Gasteiger partial charge in [-0.2, -0.15) is 0 Å². The molecule has 5 rings (SSSR count). The second-order valence-corrected chi connectivity index (χ2v) is 9.49. The minimum Gasteiger partial charge on any atom is -0.325 e. The van der Waals surface area contributed by atoms with E-state index in [9.17, 15) is 14.0 Å². The Morgan fingerprint density at radius 3 is 2.48 bits per heavy atom. The predicted molar refractivity (Wildman–Crippen MR) is 127 cm³/mol. The molecule has 3 aromatic rings. The molecule has 3 atom stereocenters. The number of carbonyl (C=O) groups is 2. The van der Waals surface area contributed by atoms with Gasteiger partial charge in [0.1, 0.15) is 5.82 Å². The lowest BCUT2D eigenvalue weighted by Gasteiger charge is -2.41. The number of Topliss-reactive ketones (excluding diaryl/α,β-unsaturated/α-hetero) is 1. The topological polar surface area (TPSA) is 62.3 Å². The van der Waals surface area contributed by atoms with Gasteiger partial charge in [-0.15, -0.1) is 0 Å². The van der Waals surface area contributed by atoms with E-state index in [2.05, 4.69) is 15.2 Å². The van der Waals surface area contributed by atoms with Gasteiger partial charge in [0.05, 0.1) is 11.6 Å². The molecule has 2 saturated heterocycles. The highest BCUT2D eigenvalue weighted by molar-refractivity contribution is 6.30. The fourth-order valence-corrected chi connectivity index (χ4v) is 5.65. The van der Waals surface area contributed by atoms with Crippen molar-refractivity contribution in [1.82, 2.24) is 9.88 Å². The van der Waals surface area contributed by atoms with Crippen molar-refractivity contribution < 1.29 is 14.0 Å². The summed E-state index contributed by atoms with van der Waals surface area (Å²) in [6, 6.07) is 13.2. The molecule has 1 amide bonds. The molecule has 5 nitrogen and oxygen atoms in total. The largest absolute Gasteiger partial charge is 0.325 e. The Labute approximate surface area is 196 Å².